The minimum Gasteiger partial charge on any atom is -0.516 e. The molecule has 0 aromatic rings. The molecule has 0 aliphatic carbocycles. The van der Waals surface area contributed by atoms with Crippen molar-refractivity contribution in [3.63, 3.8) is 0 Å². The summed E-state index contributed by atoms with van der Waals surface area (Å²) in [5.41, 5.74) is 0. The molecule has 0 aromatic heterocycles. The van der Waals surface area contributed by atoms with Crippen LogP contribution in [0.4, 0.5) is 0 Å². The minimum absolute atomic E-state index is 0.0847. The standard InChI is InChI=1S/C6H8O3.2C4H6O2/c1-2-6(8)9-5-3-4-7;2*1-3-4(5)6-2/h2-4,7H,1,5H2;2*3H,1H2,2H3. The number of carbonyl (C=O) groups is 3. The zero-order chi connectivity index (χ0) is 17.1. The molecule has 0 spiro atoms. The van der Waals surface area contributed by atoms with Crippen LogP contribution in [0, 0.1) is 0 Å². The number of ether oxygens (including phenoxy) is 3. The first kappa shape index (κ1) is 23.3. The lowest BCUT2D eigenvalue weighted by Gasteiger charge is -1.92. The lowest BCUT2D eigenvalue weighted by Crippen LogP contribution is -1.98. The van der Waals surface area contributed by atoms with Gasteiger partial charge in [0.05, 0.1) is 20.5 Å². The smallest absolute Gasteiger partial charge is 0.330 e. The highest BCUT2D eigenvalue weighted by Crippen LogP contribution is 1.78. The predicted molar refractivity (Wildman–Crippen MR) is 77.4 cm³/mol. The molecule has 0 saturated carbocycles. The molecule has 0 radical (unpaired) electrons. The zero-order valence-corrected chi connectivity index (χ0v) is 12.1. The summed E-state index contributed by atoms with van der Waals surface area (Å²) in [6, 6.07) is 0. The summed E-state index contributed by atoms with van der Waals surface area (Å²) in [5, 5.41) is 8.05. The summed E-state index contributed by atoms with van der Waals surface area (Å²) in [6.07, 6.45) is 5.41. The molecule has 21 heavy (non-hydrogen) atoms. The number of carbonyl (C=O) groups excluding carboxylic acids is 3. The highest BCUT2D eigenvalue weighted by Gasteiger charge is 1.88. The van der Waals surface area contributed by atoms with E-state index in [1.165, 1.54) is 20.3 Å². The molecule has 0 bridgehead atoms. The van der Waals surface area contributed by atoms with Crippen LogP contribution in [0.25, 0.3) is 0 Å². The Balaban J connectivity index is -0.000000240. The number of aliphatic hydroxyl groups is 1. The van der Waals surface area contributed by atoms with E-state index in [1.54, 1.807) is 0 Å². The van der Waals surface area contributed by atoms with E-state index in [2.05, 4.69) is 33.9 Å². The molecule has 0 atom stereocenters. The fourth-order valence-electron chi connectivity index (χ4n) is 0.399. The van der Waals surface area contributed by atoms with Crippen LogP contribution in [-0.4, -0.2) is 43.8 Å². The van der Waals surface area contributed by atoms with E-state index >= 15 is 0 Å². The SMILES string of the molecule is C=CC(=O)OC.C=CC(=O)OC.C=CC(=O)OCC=CO. The quantitative estimate of drug-likeness (QED) is 0.355. The molecular weight excluding hydrogens is 280 g/mol. The maximum absolute atomic E-state index is 10.2. The van der Waals surface area contributed by atoms with E-state index in [9.17, 15) is 14.4 Å². The molecule has 7 nitrogen and oxygen atoms in total. The van der Waals surface area contributed by atoms with Gasteiger partial charge in [-0.3, -0.25) is 0 Å². The van der Waals surface area contributed by atoms with Crippen molar-refractivity contribution >= 4 is 17.9 Å². The fraction of sp³-hybridized carbons (Fsp3) is 0.214. The third-order valence-corrected chi connectivity index (χ3v) is 1.33. The summed E-state index contributed by atoms with van der Waals surface area (Å²) >= 11 is 0. The Morgan fingerprint density at radius 3 is 1.48 bits per heavy atom. The highest BCUT2D eigenvalue weighted by molar-refractivity contribution is 5.81. The fourth-order valence-corrected chi connectivity index (χ4v) is 0.399. The number of hydrogen-bond acceptors (Lipinski definition) is 7. The van der Waals surface area contributed by atoms with Crippen LogP contribution in [0.5, 0.6) is 0 Å². The van der Waals surface area contributed by atoms with E-state index in [0.29, 0.717) is 0 Å². The van der Waals surface area contributed by atoms with Crippen molar-refractivity contribution < 1.29 is 33.7 Å². The highest BCUT2D eigenvalue weighted by atomic mass is 16.5. The van der Waals surface area contributed by atoms with E-state index in [4.69, 9.17) is 5.11 Å². The molecule has 0 amide bonds. The van der Waals surface area contributed by atoms with Crippen LogP contribution >= 0.6 is 0 Å². The molecule has 0 heterocycles. The molecule has 0 saturated heterocycles. The summed E-state index contributed by atoms with van der Waals surface area (Å²) in [4.78, 5) is 29.9. The van der Waals surface area contributed by atoms with Gasteiger partial charge in [0.25, 0.3) is 0 Å². The number of aliphatic hydroxyl groups excluding tert-OH is 1. The van der Waals surface area contributed by atoms with Crippen LogP contribution in [0.2, 0.25) is 0 Å². The van der Waals surface area contributed by atoms with Gasteiger partial charge in [0, 0.05) is 18.2 Å². The van der Waals surface area contributed by atoms with E-state index in [-0.39, 0.29) is 6.61 Å². The number of rotatable bonds is 5. The van der Waals surface area contributed by atoms with Crippen molar-refractivity contribution in [1.82, 2.24) is 0 Å². The van der Waals surface area contributed by atoms with Crippen molar-refractivity contribution in [3.8, 4) is 0 Å². The van der Waals surface area contributed by atoms with Gasteiger partial charge in [-0.15, -0.1) is 0 Å². The van der Waals surface area contributed by atoms with E-state index in [0.717, 1.165) is 24.5 Å². The van der Waals surface area contributed by atoms with E-state index in [1.807, 2.05) is 0 Å². The third kappa shape index (κ3) is 26.7. The van der Waals surface area contributed by atoms with Crippen LogP contribution < -0.4 is 0 Å². The number of hydrogen-bond donors (Lipinski definition) is 1. The topological polar surface area (TPSA) is 99.1 Å². The second-order valence-electron chi connectivity index (χ2n) is 2.67. The molecule has 1 N–H and O–H groups in total. The molecule has 7 heteroatoms. The molecule has 0 aliphatic heterocycles. The Labute approximate surface area is 123 Å². The predicted octanol–water partition coefficient (Wildman–Crippen LogP) is 1.48. The van der Waals surface area contributed by atoms with Crippen molar-refractivity contribution in [2.75, 3.05) is 20.8 Å². The average Bonchev–Trinajstić information content (AvgIpc) is 2.54. The zero-order valence-electron chi connectivity index (χ0n) is 12.1. The minimum atomic E-state index is -0.492. The van der Waals surface area contributed by atoms with Gasteiger partial charge in [0.1, 0.15) is 6.61 Å². The average molecular weight is 300 g/mol. The van der Waals surface area contributed by atoms with Crippen molar-refractivity contribution in [2.45, 2.75) is 0 Å². The van der Waals surface area contributed by atoms with Crippen LogP contribution in [0.1, 0.15) is 0 Å². The van der Waals surface area contributed by atoms with Gasteiger partial charge in [0.2, 0.25) is 0 Å². The van der Waals surface area contributed by atoms with Gasteiger partial charge in [0.15, 0.2) is 0 Å². The van der Waals surface area contributed by atoms with Gasteiger partial charge in [-0.25, -0.2) is 14.4 Å². The van der Waals surface area contributed by atoms with Gasteiger partial charge in [-0.1, -0.05) is 19.7 Å². The summed E-state index contributed by atoms with van der Waals surface area (Å²) < 4.78 is 12.7. The van der Waals surface area contributed by atoms with Crippen LogP contribution in [0.15, 0.2) is 50.3 Å². The molecule has 0 fully saturated rings. The number of esters is 3. The Morgan fingerprint density at radius 1 is 0.905 bits per heavy atom. The third-order valence-electron chi connectivity index (χ3n) is 1.33. The second-order valence-corrected chi connectivity index (χ2v) is 2.67. The molecule has 0 rings (SSSR count). The first-order valence-electron chi connectivity index (χ1n) is 5.42. The molecular formula is C14H20O7. The lowest BCUT2D eigenvalue weighted by atomic mass is 10.6. The molecule has 0 unspecified atom stereocenters. The first-order chi connectivity index (χ1) is 9.92. The van der Waals surface area contributed by atoms with Crippen molar-refractivity contribution in [1.29, 1.82) is 0 Å². The van der Waals surface area contributed by atoms with Gasteiger partial charge in [-0.05, 0) is 6.08 Å². The Kier molecular flexibility index (Phi) is 21.6. The van der Waals surface area contributed by atoms with Crippen LogP contribution in [-0.2, 0) is 28.6 Å². The largest absolute Gasteiger partial charge is 0.516 e. The normalized spacial score (nSPS) is 7.90. The van der Waals surface area contributed by atoms with E-state index < -0.39 is 17.9 Å². The summed E-state index contributed by atoms with van der Waals surface area (Å²) in [7, 11) is 2.62. The maximum atomic E-state index is 10.2. The second kappa shape index (κ2) is 19.5. The van der Waals surface area contributed by atoms with Gasteiger partial charge in [-0.2, -0.15) is 0 Å². The molecule has 118 valence electrons. The lowest BCUT2D eigenvalue weighted by molar-refractivity contribution is -0.137. The Morgan fingerprint density at radius 2 is 1.29 bits per heavy atom. The monoisotopic (exact) mass is 300 g/mol. The van der Waals surface area contributed by atoms with Gasteiger partial charge < -0.3 is 19.3 Å². The Hall–Kier alpha value is -2.83. The number of methoxy groups -OCH3 is 2. The maximum Gasteiger partial charge on any atom is 0.330 e. The molecule has 0 aromatic carbocycles. The van der Waals surface area contributed by atoms with Crippen molar-refractivity contribution in [2.24, 2.45) is 0 Å². The summed E-state index contributed by atoms with van der Waals surface area (Å²) in [6.45, 7) is 9.58. The van der Waals surface area contributed by atoms with Crippen LogP contribution in [0.3, 0.4) is 0 Å². The first-order valence-corrected chi connectivity index (χ1v) is 5.42. The van der Waals surface area contributed by atoms with Crippen molar-refractivity contribution in [3.05, 3.63) is 50.3 Å². The molecule has 0 aliphatic rings. The van der Waals surface area contributed by atoms with Gasteiger partial charge >= 0.3 is 17.9 Å². The Bertz CT molecular complexity index is 350. The summed E-state index contributed by atoms with van der Waals surface area (Å²) in [5.74, 6) is -1.28.